The van der Waals surface area contributed by atoms with Crippen LogP contribution in [0.3, 0.4) is 0 Å². The van der Waals surface area contributed by atoms with E-state index in [0.29, 0.717) is 39.1 Å². The lowest BCUT2D eigenvalue weighted by atomic mass is 9.86. The number of ether oxygens (including phenoxy) is 2. The Labute approximate surface area is 225 Å². The van der Waals surface area contributed by atoms with Gasteiger partial charge >= 0.3 is 6.03 Å². The quantitative estimate of drug-likeness (QED) is 0.547. The van der Waals surface area contributed by atoms with E-state index in [4.69, 9.17) is 9.47 Å². The molecule has 1 aliphatic carbocycles. The van der Waals surface area contributed by atoms with Gasteiger partial charge in [-0.3, -0.25) is 4.79 Å². The van der Waals surface area contributed by atoms with E-state index < -0.39 is 11.9 Å². The van der Waals surface area contributed by atoms with Crippen molar-refractivity contribution < 1.29 is 19.1 Å². The molecule has 2 heterocycles. The number of carbonyl (C=O) groups is 2. The van der Waals surface area contributed by atoms with Crippen LogP contribution in [0.4, 0.5) is 4.79 Å². The smallest absolute Gasteiger partial charge is 0.317 e. The molecule has 0 aromatic heterocycles. The van der Waals surface area contributed by atoms with Gasteiger partial charge in [0.15, 0.2) is 6.35 Å². The SMILES string of the molecule is CNC(=O)N1CCC2(CC1)C(=O)N(CCc1ccc(OC)cc1)C(OCCc1ccc(C3CC3)cc1)N2C. The first-order chi connectivity index (χ1) is 18.4. The van der Waals surface area contributed by atoms with Crippen LogP contribution in [0, 0.1) is 0 Å². The van der Waals surface area contributed by atoms with Crippen molar-refractivity contribution in [3.63, 3.8) is 0 Å². The predicted octanol–water partition coefficient (Wildman–Crippen LogP) is 3.61. The molecule has 38 heavy (non-hydrogen) atoms. The molecule has 1 N–H and O–H groups in total. The topological polar surface area (TPSA) is 74.4 Å². The van der Waals surface area contributed by atoms with Gasteiger partial charge in [-0.05, 0) is 80.3 Å². The Hall–Kier alpha value is -3.10. The number of amides is 3. The van der Waals surface area contributed by atoms with Gasteiger partial charge in [-0.15, -0.1) is 0 Å². The highest BCUT2D eigenvalue weighted by atomic mass is 16.5. The zero-order valence-electron chi connectivity index (χ0n) is 22.8. The Morgan fingerprint density at radius 3 is 2.24 bits per heavy atom. The molecular weight excluding hydrogens is 480 g/mol. The highest BCUT2D eigenvalue weighted by molar-refractivity contribution is 5.89. The average Bonchev–Trinajstić information content (AvgIpc) is 3.79. The first kappa shape index (κ1) is 26.5. The molecule has 3 amide bonds. The lowest BCUT2D eigenvalue weighted by Gasteiger charge is -2.41. The summed E-state index contributed by atoms with van der Waals surface area (Å²) >= 11 is 0. The predicted molar refractivity (Wildman–Crippen MR) is 146 cm³/mol. The zero-order valence-corrected chi connectivity index (χ0v) is 22.8. The molecule has 3 aliphatic rings. The summed E-state index contributed by atoms with van der Waals surface area (Å²) in [6, 6.07) is 16.8. The van der Waals surface area contributed by atoms with Crippen molar-refractivity contribution in [3.8, 4) is 5.75 Å². The molecule has 1 atom stereocenters. The van der Waals surface area contributed by atoms with Gasteiger partial charge in [-0.2, -0.15) is 0 Å². The maximum atomic E-state index is 14.0. The first-order valence-electron chi connectivity index (χ1n) is 13.8. The van der Waals surface area contributed by atoms with Gasteiger partial charge in [-0.1, -0.05) is 36.4 Å². The van der Waals surface area contributed by atoms with Gasteiger partial charge in [-0.25, -0.2) is 9.69 Å². The van der Waals surface area contributed by atoms with Crippen LogP contribution in [0.2, 0.25) is 0 Å². The molecule has 2 aromatic rings. The summed E-state index contributed by atoms with van der Waals surface area (Å²) in [7, 11) is 5.30. The van der Waals surface area contributed by atoms with Gasteiger partial charge in [0, 0.05) is 26.7 Å². The minimum Gasteiger partial charge on any atom is -0.497 e. The fourth-order valence-corrected chi connectivity index (χ4v) is 5.85. The van der Waals surface area contributed by atoms with E-state index in [-0.39, 0.29) is 11.9 Å². The largest absolute Gasteiger partial charge is 0.497 e. The summed E-state index contributed by atoms with van der Waals surface area (Å²) in [5.41, 5.74) is 3.18. The highest BCUT2D eigenvalue weighted by Crippen LogP contribution is 2.40. The number of urea groups is 1. The van der Waals surface area contributed by atoms with Gasteiger partial charge in [0.2, 0.25) is 5.91 Å². The van der Waals surface area contributed by atoms with Gasteiger partial charge < -0.3 is 24.6 Å². The summed E-state index contributed by atoms with van der Waals surface area (Å²) in [6.07, 6.45) is 4.89. The lowest BCUT2D eigenvalue weighted by molar-refractivity contribution is -0.141. The number of hydrogen-bond acceptors (Lipinski definition) is 5. The van der Waals surface area contributed by atoms with E-state index >= 15 is 0 Å². The van der Waals surface area contributed by atoms with Gasteiger partial charge in [0.25, 0.3) is 0 Å². The molecule has 2 saturated heterocycles. The average molecular weight is 521 g/mol. The van der Waals surface area contributed by atoms with E-state index in [2.05, 4.69) is 34.5 Å². The van der Waals surface area contributed by atoms with Crippen LogP contribution in [0.15, 0.2) is 48.5 Å². The number of rotatable bonds is 9. The van der Waals surface area contributed by atoms with Crippen molar-refractivity contribution >= 4 is 11.9 Å². The fourth-order valence-electron chi connectivity index (χ4n) is 5.85. The van der Waals surface area contributed by atoms with E-state index in [1.54, 1.807) is 19.1 Å². The number of likely N-dealkylation sites (N-methyl/N-ethyl adjacent to an activating group) is 1. The Bertz CT molecular complexity index is 1110. The third-order valence-electron chi connectivity index (χ3n) is 8.51. The van der Waals surface area contributed by atoms with Crippen molar-refractivity contribution in [2.45, 2.75) is 56.3 Å². The fraction of sp³-hybridized carbons (Fsp3) is 0.533. The molecule has 0 bridgehead atoms. The number of methoxy groups -OCH3 is 1. The second kappa shape index (κ2) is 11.3. The van der Waals surface area contributed by atoms with Crippen LogP contribution in [0.5, 0.6) is 5.75 Å². The number of likely N-dealkylation sites (tertiary alicyclic amines) is 1. The number of carbonyl (C=O) groups excluding carboxylic acids is 2. The Kier molecular flexibility index (Phi) is 7.91. The Morgan fingerprint density at radius 1 is 1.00 bits per heavy atom. The van der Waals surface area contributed by atoms with Crippen molar-refractivity contribution in [2.24, 2.45) is 0 Å². The summed E-state index contributed by atoms with van der Waals surface area (Å²) in [6.45, 7) is 2.19. The van der Waals surface area contributed by atoms with E-state index in [1.165, 1.54) is 24.0 Å². The second-order valence-corrected chi connectivity index (χ2v) is 10.7. The molecular formula is C30H40N4O4. The molecule has 1 unspecified atom stereocenters. The second-order valence-electron chi connectivity index (χ2n) is 10.7. The number of nitrogens with one attached hydrogen (secondary N) is 1. The van der Waals surface area contributed by atoms with Crippen LogP contribution in [-0.4, -0.2) is 86.0 Å². The molecule has 2 aliphatic heterocycles. The Balaban J connectivity index is 1.27. The van der Waals surface area contributed by atoms with Crippen LogP contribution in [0.25, 0.3) is 0 Å². The number of benzene rings is 2. The normalized spacial score (nSPS) is 21.2. The minimum absolute atomic E-state index is 0.0928. The molecule has 8 nitrogen and oxygen atoms in total. The summed E-state index contributed by atoms with van der Waals surface area (Å²) in [5.74, 6) is 1.67. The monoisotopic (exact) mass is 520 g/mol. The van der Waals surface area contributed by atoms with Crippen LogP contribution < -0.4 is 10.1 Å². The van der Waals surface area contributed by atoms with Crippen LogP contribution in [0.1, 0.15) is 48.3 Å². The van der Waals surface area contributed by atoms with Crippen molar-refractivity contribution in [3.05, 3.63) is 65.2 Å². The summed E-state index contributed by atoms with van der Waals surface area (Å²) in [4.78, 5) is 31.9. The number of piperidine rings is 1. The lowest BCUT2D eigenvalue weighted by Crippen LogP contribution is -2.57. The summed E-state index contributed by atoms with van der Waals surface area (Å²) in [5, 5.41) is 2.70. The molecule has 2 aromatic carbocycles. The van der Waals surface area contributed by atoms with Gasteiger partial charge in [0.05, 0.1) is 13.7 Å². The molecule has 1 spiro atoms. The third-order valence-corrected chi connectivity index (χ3v) is 8.51. The zero-order chi connectivity index (χ0) is 26.7. The van der Waals surface area contributed by atoms with Gasteiger partial charge in [0.1, 0.15) is 11.3 Å². The standard InChI is InChI=1S/C30H40N4O4/c1-31-28(36)33-19-16-30(17-20-33)27(35)34(18-14-22-6-12-26(37-3)13-7-22)29(32(30)2)38-21-15-23-4-8-24(9-5-23)25-10-11-25/h4-9,12-13,25,29H,10-11,14-21H2,1-3H3,(H,31,36). The molecule has 204 valence electrons. The van der Waals surface area contributed by atoms with Crippen LogP contribution in [-0.2, 0) is 22.4 Å². The van der Waals surface area contributed by atoms with Crippen molar-refractivity contribution in [2.75, 3.05) is 47.4 Å². The Morgan fingerprint density at radius 2 is 1.63 bits per heavy atom. The maximum absolute atomic E-state index is 14.0. The van der Waals surface area contributed by atoms with E-state index in [0.717, 1.165) is 30.1 Å². The number of nitrogens with zero attached hydrogens (tertiary/aromatic N) is 3. The third kappa shape index (κ3) is 5.38. The molecule has 3 fully saturated rings. The number of hydrogen-bond donors (Lipinski definition) is 1. The maximum Gasteiger partial charge on any atom is 0.317 e. The molecule has 0 radical (unpaired) electrons. The van der Waals surface area contributed by atoms with Crippen molar-refractivity contribution in [1.29, 1.82) is 0 Å². The highest BCUT2D eigenvalue weighted by Gasteiger charge is 2.57. The van der Waals surface area contributed by atoms with E-state index in [9.17, 15) is 9.59 Å². The summed E-state index contributed by atoms with van der Waals surface area (Å²) < 4.78 is 11.7. The van der Waals surface area contributed by atoms with E-state index in [1.807, 2.05) is 36.2 Å². The minimum atomic E-state index is -0.652. The first-order valence-corrected chi connectivity index (χ1v) is 13.8. The molecule has 1 saturated carbocycles. The molecule has 5 rings (SSSR count). The van der Waals surface area contributed by atoms with Crippen LogP contribution >= 0.6 is 0 Å². The molecule has 8 heteroatoms. The van der Waals surface area contributed by atoms with Crippen molar-refractivity contribution in [1.82, 2.24) is 20.0 Å².